The molecule has 0 unspecified atom stereocenters. The van der Waals surface area contributed by atoms with Crippen molar-refractivity contribution >= 4 is 37.3 Å². The van der Waals surface area contributed by atoms with Gasteiger partial charge in [0.2, 0.25) is 10.0 Å². The van der Waals surface area contributed by atoms with Crippen LogP contribution in [0.15, 0.2) is 76.5 Å². The minimum absolute atomic E-state index is 0.0597. The Morgan fingerprint density at radius 2 is 1.51 bits per heavy atom. The van der Waals surface area contributed by atoms with Crippen LogP contribution in [-0.4, -0.2) is 40.1 Å². The van der Waals surface area contributed by atoms with E-state index in [2.05, 4.69) is 10.0 Å². The van der Waals surface area contributed by atoms with Gasteiger partial charge in [0.15, 0.2) is 0 Å². The van der Waals surface area contributed by atoms with Crippen molar-refractivity contribution < 1.29 is 21.6 Å². The Morgan fingerprint density at radius 1 is 0.829 bits per heavy atom. The van der Waals surface area contributed by atoms with Crippen molar-refractivity contribution in [1.29, 1.82) is 0 Å². The molecular formula is C25H27N3O5S2. The van der Waals surface area contributed by atoms with Gasteiger partial charge < -0.3 is 5.32 Å². The fourth-order valence-corrected chi connectivity index (χ4v) is 6.69. The predicted octanol–water partition coefficient (Wildman–Crippen LogP) is 4.14. The zero-order valence-electron chi connectivity index (χ0n) is 19.5. The summed E-state index contributed by atoms with van der Waals surface area (Å²) in [6.07, 6.45) is 1.65. The summed E-state index contributed by atoms with van der Waals surface area (Å²) >= 11 is 0. The van der Waals surface area contributed by atoms with Gasteiger partial charge >= 0.3 is 0 Å². The monoisotopic (exact) mass is 513 g/mol. The number of sulfonamides is 2. The lowest BCUT2D eigenvalue weighted by Gasteiger charge is -2.16. The molecule has 1 aliphatic rings. The van der Waals surface area contributed by atoms with Crippen LogP contribution in [0.4, 0.5) is 11.4 Å². The lowest BCUT2D eigenvalue weighted by molar-refractivity contribution is 0.102. The summed E-state index contributed by atoms with van der Waals surface area (Å²) in [7, 11) is -7.56. The third kappa shape index (κ3) is 5.55. The molecule has 10 heteroatoms. The maximum atomic E-state index is 12.9. The molecule has 1 amide bonds. The standard InChI is InChI=1S/C25H27N3O5S2/c1-18-11-12-24(19(2)15-18)27-34(30,31)22-9-5-7-20(16-22)25(29)26-21-8-6-10-23(17-21)35(32,33)28-13-3-4-14-28/h5-12,15-17,27H,3-4,13-14H2,1-2H3,(H,26,29). The minimum atomic E-state index is -3.93. The van der Waals surface area contributed by atoms with Crippen LogP contribution in [0.5, 0.6) is 0 Å². The van der Waals surface area contributed by atoms with Gasteiger partial charge in [0.05, 0.1) is 15.5 Å². The molecule has 1 aliphatic heterocycles. The fourth-order valence-electron chi connectivity index (χ4n) is 3.95. The highest BCUT2D eigenvalue weighted by molar-refractivity contribution is 7.92. The smallest absolute Gasteiger partial charge is 0.261 e. The van der Waals surface area contributed by atoms with Crippen LogP contribution in [0.3, 0.4) is 0 Å². The topological polar surface area (TPSA) is 113 Å². The van der Waals surface area contributed by atoms with E-state index >= 15 is 0 Å². The van der Waals surface area contributed by atoms with Gasteiger partial charge in [-0.25, -0.2) is 16.8 Å². The van der Waals surface area contributed by atoms with Gasteiger partial charge in [-0.3, -0.25) is 9.52 Å². The molecule has 0 radical (unpaired) electrons. The van der Waals surface area contributed by atoms with Gasteiger partial charge in [0.25, 0.3) is 15.9 Å². The molecule has 0 saturated carbocycles. The molecule has 3 aromatic rings. The number of nitrogens with one attached hydrogen (secondary N) is 2. The van der Waals surface area contributed by atoms with E-state index in [1.54, 1.807) is 18.2 Å². The van der Waals surface area contributed by atoms with E-state index in [-0.39, 0.29) is 15.4 Å². The summed E-state index contributed by atoms with van der Waals surface area (Å²) in [5.41, 5.74) is 2.69. The first-order chi connectivity index (χ1) is 16.6. The molecule has 2 N–H and O–H groups in total. The Bertz CT molecular complexity index is 1480. The Labute approximate surface area is 206 Å². The second kappa shape index (κ2) is 9.80. The molecule has 0 aliphatic carbocycles. The second-order valence-corrected chi connectivity index (χ2v) is 12.2. The first-order valence-electron chi connectivity index (χ1n) is 11.2. The van der Waals surface area contributed by atoms with E-state index in [1.807, 2.05) is 26.0 Å². The van der Waals surface area contributed by atoms with Gasteiger partial charge in [-0.05, 0) is 74.7 Å². The second-order valence-electron chi connectivity index (χ2n) is 8.54. The molecule has 1 fully saturated rings. The summed E-state index contributed by atoms with van der Waals surface area (Å²) in [6.45, 7) is 4.70. The third-order valence-electron chi connectivity index (χ3n) is 5.83. The highest BCUT2D eigenvalue weighted by atomic mass is 32.2. The molecule has 35 heavy (non-hydrogen) atoms. The largest absolute Gasteiger partial charge is 0.322 e. The molecule has 1 heterocycles. The molecule has 8 nitrogen and oxygen atoms in total. The number of nitrogens with zero attached hydrogens (tertiary/aromatic N) is 1. The highest BCUT2D eigenvalue weighted by Crippen LogP contribution is 2.24. The minimum Gasteiger partial charge on any atom is -0.322 e. The lowest BCUT2D eigenvalue weighted by atomic mass is 10.1. The number of anilines is 2. The Hall–Kier alpha value is -3.21. The van der Waals surface area contributed by atoms with Crippen molar-refractivity contribution in [1.82, 2.24) is 4.31 Å². The van der Waals surface area contributed by atoms with Gasteiger partial charge in [-0.15, -0.1) is 0 Å². The van der Waals surface area contributed by atoms with E-state index in [1.165, 1.54) is 40.7 Å². The Morgan fingerprint density at radius 3 is 2.23 bits per heavy atom. The van der Waals surface area contributed by atoms with E-state index in [9.17, 15) is 21.6 Å². The highest BCUT2D eigenvalue weighted by Gasteiger charge is 2.27. The summed E-state index contributed by atoms with van der Waals surface area (Å²) in [5, 5.41) is 2.67. The van der Waals surface area contributed by atoms with Crippen LogP contribution in [-0.2, 0) is 20.0 Å². The first-order valence-corrected chi connectivity index (χ1v) is 14.1. The van der Waals surface area contributed by atoms with Gasteiger partial charge in [-0.2, -0.15) is 4.31 Å². The van der Waals surface area contributed by atoms with Crippen LogP contribution < -0.4 is 10.0 Å². The molecule has 0 atom stereocenters. The van der Waals surface area contributed by atoms with Crippen LogP contribution in [0.1, 0.15) is 34.3 Å². The Kier molecular flexibility index (Phi) is 6.98. The van der Waals surface area contributed by atoms with Crippen LogP contribution in [0.2, 0.25) is 0 Å². The number of hydrogen-bond donors (Lipinski definition) is 2. The van der Waals surface area contributed by atoms with Crippen molar-refractivity contribution in [2.45, 2.75) is 36.5 Å². The summed E-state index contributed by atoms with van der Waals surface area (Å²) in [4.78, 5) is 12.9. The van der Waals surface area contributed by atoms with E-state index in [0.29, 0.717) is 24.5 Å². The Balaban J connectivity index is 1.53. The lowest BCUT2D eigenvalue weighted by Crippen LogP contribution is -2.27. The average molecular weight is 514 g/mol. The number of aryl methyl sites for hydroxylation is 2. The molecular weight excluding hydrogens is 486 g/mol. The quantitative estimate of drug-likeness (QED) is 0.493. The first kappa shape index (κ1) is 24.9. The molecule has 0 bridgehead atoms. The molecule has 184 valence electrons. The van der Waals surface area contributed by atoms with Crippen molar-refractivity contribution in [3.63, 3.8) is 0 Å². The normalized spacial score (nSPS) is 14.6. The number of carbonyl (C=O) groups excluding carboxylic acids is 1. The molecule has 3 aromatic carbocycles. The number of rotatable bonds is 7. The predicted molar refractivity (Wildman–Crippen MR) is 136 cm³/mol. The number of benzene rings is 3. The fraction of sp³-hybridized carbons (Fsp3) is 0.240. The third-order valence-corrected chi connectivity index (χ3v) is 9.09. The van der Waals surface area contributed by atoms with E-state index in [0.717, 1.165) is 24.0 Å². The zero-order valence-corrected chi connectivity index (χ0v) is 21.1. The summed E-state index contributed by atoms with van der Waals surface area (Å²) in [6, 6.07) is 17.1. The van der Waals surface area contributed by atoms with Crippen LogP contribution >= 0.6 is 0 Å². The van der Waals surface area contributed by atoms with Crippen molar-refractivity contribution in [3.8, 4) is 0 Å². The van der Waals surface area contributed by atoms with E-state index in [4.69, 9.17) is 0 Å². The van der Waals surface area contributed by atoms with Crippen molar-refractivity contribution in [2.75, 3.05) is 23.1 Å². The molecule has 0 spiro atoms. The SMILES string of the molecule is Cc1ccc(NS(=O)(=O)c2cccc(C(=O)Nc3cccc(S(=O)(=O)N4CCCC4)c3)c2)c(C)c1. The van der Waals surface area contributed by atoms with Gasteiger partial charge in [0.1, 0.15) is 0 Å². The number of hydrogen-bond acceptors (Lipinski definition) is 5. The van der Waals surface area contributed by atoms with Gasteiger partial charge in [0, 0.05) is 24.3 Å². The summed E-state index contributed by atoms with van der Waals surface area (Å²) in [5.74, 6) is -0.552. The number of amides is 1. The maximum absolute atomic E-state index is 12.9. The van der Waals surface area contributed by atoms with Crippen molar-refractivity contribution in [2.24, 2.45) is 0 Å². The van der Waals surface area contributed by atoms with Gasteiger partial charge in [-0.1, -0.05) is 29.8 Å². The molecule has 0 aromatic heterocycles. The summed E-state index contributed by atoms with van der Waals surface area (Å²) < 4.78 is 55.5. The van der Waals surface area contributed by atoms with Crippen molar-refractivity contribution in [3.05, 3.63) is 83.4 Å². The van der Waals surface area contributed by atoms with Crippen LogP contribution in [0, 0.1) is 13.8 Å². The maximum Gasteiger partial charge on any atom is 0.261 e. The molecule has 1 saturated heterocycles. The zero-order chi connectivity index (χ0) is 25.2. The number of carbonyl (C=O) groups is 1. The molecule has 4 rings (SSSR count). The van der Waals surface area contributed by atoms with Crippen LogP contribution in [0.25, 0.3) is 0 Å². The average Bonchev–Trinajstić information content (AvgIpc) is 3.37. The van der Waals surface area contributed by atoms with E-state index < -0.39 is 26.0 Å².